The molecule has 1 aromatic carbocycles. The quantitative estimate of drug-likeness (QED) is 0.821. The molecule has 0 aliphatic carbocycles. The van der Waals surface area contributed by atoms with Gasteiger partial charge in [0.25, 0.3) is 0 Å². The molecule has 0 aliphatic rings. The monoisotopic (exact) mass is 258 g/mol. The molecule has 1 rings (SSSR count). The molecule has 0 aliphatic heterocycles. The molecule has 0 saturated heterocycles. The summed E-state index contributed by atoms with van der Waals surface area (Å²) in [4.78, 5) is 0. The third-order valence-electron chi connectivity index (χ3n) is 1.81. The molecule has 6 heteroatoms. The number of nitrogens with zero attached hydrogens (tertiary/aromatic N) is 1. The Morgan fingerprint density at radius 1 is 1.44 bits per heavy atom. The second-order valence-corrected chi connectivity index (χ2v) is 5.38. The number of nitriles is 1. The molecule has 0 radical (unpaired) electrons. The van der Waals surface area contributed by atoms with Gasteiger partial charge >= 0.3 is 0 Å². The Morgan fingerprint density at radius 3 is 2.81 bits per heavy atom. The van der Waals surface area contributed by atoms with Gasteiger partial charge in [0, 0.05) is 11.6 Å². The Balaban J connectivity index is 2.77. The van der Waals surface area contributed by atoms with Gasteiger partial charge in [-0.1, -0.05) is 6.07 Å². The van der Waals surface area contributed by atoms with Crippen LogP contribution in [0.4, 0.5) is 5.69 Å². The van der Waals surface area contributed by atoms with E-state index in [4.69, 9.17) is 16.9 Å². The fourth-order valence-electron chi connectivity index (χ4n) is 1.13. The first-order valence-electron chi connectivity index (χ1n) is 4.64. The summed E-state index contributed by atoms with van der Waals surface area (Å²) in [6, 6.07) is 8.25. The van der Waals surface area contributed by atoms with Crippen molar-refractivity contribution in [2.45, 2.75) is 6.42 Å². The molecule has 0 saturated carbocycles. The number of halogens is 1. The molecule has 16 heavy (non-hydrogen) atoms. The van der Waals surface area contributed by atoms with Gasteiger partial charge in [-0.25, -0.2) is 8.42 Å². The van der Waals surface area contributed by atoms with Gasteiger partial charge in [0.05, 0.1) is 17.4 Å². The molecule has 86 valence electrons. The fourth-order valence-corrected chi connectivity index (χ4v) is 2.53. The third-order valence-corrected chi connectivity index (χ3v) is 3.45. The largest absolute Gasteiger partial charge is 0.284 e. The van der Waals surface area contributed by atoms with Crippen LogP contribution >= 0.6 is 11.6 Å². The van der Waals surface area contributed by atoms with Gasteiger partial charge in [0.2, 0.25) is 10.0 Å². The summed E-state index contributed by atoms with van der Waals surface area (Å²) in [5, 5.41) is 8.66. The molecule has 0 bridgehead atoms. The highest BCUT2D eigenvalue weighted by Crippen LogP contribution is 2.12. The van der Waals surface area contributed by atoms with E-state index in [0.29, 0.717) is 23.6 Å². The van der Waals surface area contributed by atoms with Crippen molar-refractivity contribution in [3.63, 3.8) is 0 Å². The average molecular weight is 259 g/mol. The minimum absolute atomic E-state index is 0.0206. The van der Waals surface area contributed by atoms with E-state index in [-0.39, 0.29) is 5.75 Å². The summed E-state index contributed by atoms with van der Waals surface area (Å²) in [6.45, 7) is 0. The second kappa shape index (κ2) is 5.73. The molecule has 1 aromatic rings. The molecule has 0 amide bonds. The molecule has 0 aromatic heterocycles. The maximum absolute atomic E-state index is 11.5. The van der Waals surface area contributed by atoms with Crippen LogP contribution in [0.3, 0.4) is 0 Å². The Bertz CT molecular complexity index is 494. The van der Waals surface area contributed by atoms with Crippen LogP contribution < -0.4 is 4.72 Å². The summed E-state index contributed by atoms with van der Waals surface area (Å²) in [5.74, 6) is 0.284. The van der Waals surface area contributed by atoms with Gasteiger partial charge in [-0.05, 0) is 24.6 Å². The van der Waals surface area contributed by atoms with Crippen LogP contribution in [0.15, 0.2) is 24.3 Å². The molecule has 1 N–H and O–H groups in total. The molecule has 0 fully saturated rings. The summed E-state index contributed by atoms with van der Waals surface area (Å²) in [7, 11) is -3.37. The van der Waals surface area contributed by atoms with E-state index in [1.807, 2.05) is 6.07 Å². The maximum atomic E-state index is 11.5. The van der Waals surface area contributed by atoms with E-state index in [2.05, 4.69) is 4.72 Å². The standard InChI is InChI=1S/C10H11ClN2O2S/c11-5-2-6-16(14,15)13-10-4-1-3-9(7-10)8-12/h1,3-4,7,13H,2,5-6H2. The van der Waals surface area contributed by atoms with Crippen molar-refractivity contribution < 1.29 is 8.42 Å². The van der Waals surface area contributed by atoms with Crippen molar-refractivity contribution in [2.75, 3.05) is 16.4 Å². The SMILES string of the molecule is N#Cc1cccc(NS(=O)(=O)CCCCl)c1. The number of rotatable bonds is 5. The highest BCUT2D eigenvalue weighted by Gasteiger charge is 2.09. The zero-order valence-electron chi connectivity index (χ0n) is 8.48. The van der Waals surface area contributed by atoms with E-state index in [9.17, 15) is 8.42 Å². The number of alkyl halides is 1. The summed E-state index contributed by atoms with van der Waals surface area (Å²) >= 11 is 5.42. The van der Waals surface area contributed by atoms with Gasteiger partial charge in [0.1, 0.15) is 0 Å². The van der Waals surface area contributed by atoms with E-state index in [1.54, 1.807) is 18.2 Å². The summed E-state index contributed by atoms with van der Waals surface area (Å²) in [6.07, 6.45) is 0.398. The number of sulfonamides is 1. The van der Waals surface area contributed by atoms with Crippen LogP contribution in [0, 0.1) is 11.3 Å². The Labute approximate surface area is 99.9 Å². The van der Waals surface area contributed by atoms with Gasteiger partial charge in [0.15, 0.2) is 0 Å². The van der Waals surface area contributed by atoms with Gasteiger partial charge in [-0.2, -0.15) is 5.26 Å². The van der Waals surface area contributed by atoms with Crippen LogP contribution in [0.25, 0.3) is 0 Å². The van der Waals surface area contributed by atoms with Crippen molar-refractivity contribution in [1.29, 1.82) is 5.26 Å². The van der Waals surface area contributed by atoms with E-state index in [0.717, 1.165) is 0 Å². The zero-order chi connectivity index (χ0) is 12.0. The molecular weight excluding hydrogens is 248 g/mol. The predicted molar refractivity (Wildman–Crippen MR) is 63.9 cm³/mol. The number of benzene rings is 1. The van der Waals surface area contributed by atoms with Crippen molar-refractivity contribution in [2.24, 2.45) is 0 Å². The number of anilines is 1. The highest BCUT2D eigenvalue weighted by atomic mass is 35.5. The smallest absolute Gasteiger partial charge is 0.232 e. The first-order chi connectivity index (χ1) is 7.57. The zero-order valence-corrected chi connectivity index (χ0v) is 10.1. The third kappa shape index (κ3) is 4.09. The lowest BCUT2D eigenvalue weighted by Gasteiger charge is -2.06. The lowest BCUT2D eigenvalue weighted by Crippen LogP contribution is -2.16. The molecule has 4 nitrogen and oxygen atoms in total. The van der Waals surface area contributed by atoms with E-state index < -0.39 is 10.0 Å². The Hall–Kier alpha value is -1.25. The minimum atomic E-state index is -3.37. The molecular formula is C10H11ClN2O2S. The average Bonchev–Trinajstić information content (AvgIpc) is 2.26. The van der Waals surface area contributed by atoms with Gasteiger partial charge < -0.3 is 0 Å². The number of nitrogens with one attached hydrogen (secondary N) is 1. The minimum Gasteiger partial charge on any atom is -0.284 e. The molecule has 0 atom stereocenters. The van der Waals surface area contributed by atoms with Crippen LogP contribution in [0.5, 0.6) is 0 Å². The van der Waals surface area contributed by atoms with Gasteiger partial charge in [-0.15, -0.1) is 11.6 Å². The van der Waals surface area contributed by atoms with Crippen molar-refractivity contribution in [3.05, 3.63) is 29.8 Å². The number of hydrogen-bond donors (Lipinski definition) is 1. The first kappa shape index (κ1) is 12.8. The Morgan fingerprint density at radius 2 is 2.19 bits per heavy atom. The lowest BCUT2D eigenvalue weighted by molar-refractivity contribution is 0.600. The number of hydrogen-bond acceptors (Lipinski definition) is 3. The van der Waals surface area contributed by atoms with Crippen molar-refractivity contribution in [3.8, 4) is 6.07 Å². The van der Waals surface area contributed by atoms with Crippen LogP contribution in [0.2, 0.25) is 0 Å². The maximum Gasteiger partial charge on any atom is 0.232 e. The Kier molecular flexibility index (Phi) is 4.59. The van der Waals surface area contributed by atoms with Crippen molar-refractivity contribution in [1.82, 2.24) is 0 Å². The normalized spacial score (nSPS) is 10.8. The molecule has 0 heterocycles. The first-order valence-corrected chi connectivity index (χ1v) is 6.83. The van der Waals surface area contributed by atoms with Crippen LogP contribution in [-0.4, -0.2) is 20.1 Å². The highest BCUT2D eigenvalue weighted by molar-refractivity contribution is 7.92. The summed E-state index contributed by atoms with van der Waals surface area (Å²) < 4.78 is 25.4. The predicted octanol–water partition coefficient (Wildman–Crippen LogP) is 1.93. The van der Waals surface area contributed by atoms with Crippen LogP contribution in [0.1, 0.15) is 12.0 Å². The van der Waals surface area contributed by atoms with E-state index in [1.165, 1.54) is 6.07 Å². The molecule has 0 spiro atoms. The fraction of sp³-hybridized carbons (Fsp3) is 0.300. The lowest BCUT2D eigenvalue weighted by atomic mass is 10.2. The van der Waals surface area contributed by atoms with Crippen LogP contribution in [-0.2, 0) is 10.0 Å². The summed E-state index contributed by atoms with van der Waals surface area (Å²) in [5.41, 5.74) is 0.811. The molecule has 0 unspecified atom stereocenters. The second-order valence-electron chi connectivity index (χ2n) is 3.16. The van der Waals surface area contributed by atoms with Gasteiger partial charge in [-0.3, -0.25) is 4.72 Å². The topological polar surface area (TPSA) is 70.0 Å². The van der Waals surface area contributed by atoms with Crippen molar-refractivity contribution >= 4 is 27.3 Å². The van der Waals surface area contributed by atoms with E-state index >= 15 is 0 Å².